The predicted molar refractivity (Wildman–Crippen MR) is 86.5 cm³/mol. The first-order valence-corrected chi connectivity index (χ1v) is 7.94. The van der Waals surface area contributed by atoms with E-state index in [0.717, 1.165) is 26.9 Å². The fourth-order valence-electron chi connectivity index (χ4n) is 2.20. The molecule has 0 N–H and O–H groups in total. The highest BCUT2D eigenvalue weighted by molar-refractivity contribution is 7.11. The van der Waals surface area contributed by atoms with Crippen LogP contribution in [0, 0.1) is 0 Å². The summed E-state index contributed by atoms with van der Waals surface area (Å²) in [5, 5.41) is 12.2. The molecule has 111 valence electrons. The molecule has 4 heteroatoms. The van der Waals surface area contributed by atoms with Gasteiger partial charge in [0.2, 0.25) is 0 Å². The van der Waals surface area contributed by atoms with Crippen LogP contribution >= 0.6 is 11.3 Å². The highest BCUT2D eigenvalue weighted by atomic mass is 32.1. The second-order valence-corrected chi connectivity index (χ2v) is 6.05. The van der Waals surface area contributed by atoms with Crippen molar-refractivity contribution in [3.8, 4) is 5.75 Å². The molecule has 1 aromatic heterocycles. The largest absolute Gasteiger partial charge is 0.486 e. The van der Waals surface area contributed by atoms with Gasteiger partial charge in [0.25, 0.3) is 0 Å². The molecular weight excluding hydrogens is 294 g/mol. The van der Waals surface area contributed by atoms with Crippen LogP contribution in [-0.4, -0.2) is 4.98 Å². The third-order valence-electron chi connectivity index (χ3n) is 3.27. The Bertz CT molecular complexity index is 710. The molecule has 0 atom stereocenters. The quantitative estimate of drug-likeness (QED) is 0.683. The van der Waals surface area contributed by atoms with Gasteiger partial charge in [0.15, 0.2) is 0 Å². The van der Waals surface area contributed by atoms with Crippen molar-refractivity contribution >= 4 is 11.3 Å². The summed E-state index contributed by atoms with van der Waals surface area (Å²) in [6, 6.07) is 19.7. The number of hydrogen-bond acceptors (Lipinski definition) is 3. The smallest absolute Gasteiger partial charge is 0.140 e. The summed E-state index contributed by atoms with van der Waals surface area (Å²) >= 11 is 1.45. The standard InChI is InChI=1S/C18H16NO2S/c20-12-17-16(11-14-7-3-1-4-8-14)19-18(22-17)13-21-15-9-5-2-6-10-15/h1-10H,11-13H2. The first-order chi connectivity index (χ1) is 10.8. The molecule has 0 saturated carbocycles. The van der Waals surface area contributed by atoms with Crippen molar-refractivity contribution in [3.63, 3.8) is 0 Å². The Morgan fingerprint density at radius 2 is 1.64 bits per heavy atom. The minimum Gasteiger partial charge on any atom is -0.486 e. The Balaban J connectivity index is 1.71. The van der Waals surface area contributed by atoms with Crippen molar-refractivity contribution in [2.75, 3.05) is 0 Å². The van der Waals surface area contributed by atoms with E-state index in [4.69, 9.17) is 4.74 Å². The van der Waals surface area contributed by atoms with Gasteiger partial charge in [-0.1, -0.05) is 48.5 Å². The van der Waals surface area contributed by atoms with Crippen LogP contribution in [0.25, 0.3) is 0 Å². The van der Waals surface area contributed by atoms with Crippen molar-refractivity contribution in [1.29, 1.82) is 0 Å². The van der Waals surface area contributed by atoms with Crippen molar-refractivity contribution in [2.45, 2.75) is 19.6 Å². The fourth-order valence-corrected chi connectivity index (χ4v) is 3.05. The van der Waals surface area contributed by atoms with Crippen LogP contribution in [-0.2, 0) is 24.7 Å². The van der Waals surface area contributed by atoms with Gasteiger partial charge in [-0.25, -0.2) is 10.1 Å². The minimum atomic E-state index is -0.231. The summed E-state index contributed by atoms with van der Waals surface area (Å²) in [6.45, 7) is 0.168. The molecule has 1 heterocycles. The number of hydrogen-bond donors (Lipinski definition) is 0. The van der Waals surface area contributed by atoms with Crippen molar-refractivity contribution in [3.05, 3.63) is 81.8 Å². The Morgan fingerprint density at radius 1 is 0.955 bits per heavy atom. The Hall–Kier alpha value is -2.17. The monoisotopic (exact) mass is 310 g/mol. The number of para-hydroxylation sites is 1. The maximum atomic E-state index is 11.4. The summed E-state index contributed by atoms with van der Waals surface area (Å²) in [4.78, 5) is 5.39. The van der Waals surface area contributed by atoms with E-state index in [0.29, 0.717) is 13.0 Å². The van der Waals surface area contributed by atoms with Gasteiger partial charge in [-0.15, -0.1) is 11.3 Å². The molecule has 22 heavy (non-hydrogen) atoms. The summed E-state index contributed by atoms with van der Waals surface area (Å²) in [7, 11) is 0. The molecule has 0 aliphatic carbocycles. The van der Waals surface area contributed by atoms with E-state index in [9.17, 15) is 5.11 Å². The molecule has 1 radical (unpaired) electrons. The topological polar surface area (TPSA) is 42.0 Å². The minimum absolute atomic E-state index is 0.231. The fraction of sp³-hybridized carbons (Fsp3) is 0.167. The van der Waals surface area contributed by atoms with E-state index in [-0.39, 0.29) is 6.61 Å². The maximum Gasteiger partial charge on any atom is 0.140 e. The van der Waals surface area contributed by atoms with Gasteiger partial charge in [0.05, 0.1) is 10.6 Å². The summed E-state index contributed by atoms with van der Waals surface area (Å²) in [6.07, 6.45) is 0.695. The number of aromatic nitrogens is 1. The lowest BCUT2D eigenvalue weighted by atomic mass is 10.1. The lowest BCUT2D eigenvalue weighted by molar-refractivity contribution is 0.179. The highest BCUT2D eigenvalue weighted by Gasteiger charge is 2.12. The summed E-state index contributed by atoms with van der Waals surface area (Å²) in [5.74, 6) is 0.811. The van der Waals surface area contributed by atoms with E-state index in [1.807, 2.05) is 60.7 Å². The van der Waals surface area contributed by atoms with E-state index in [2.05, 4.69) is 4.98 Å². The Kier molecular flexibility index (Phi) is 4.83. The molecule has 2 aromatic carbocycles. The van der Waals surface area contributed by atoms with Crippen LogP contribution in [0.5, 0.6) is 5.75 Å². The number of ether oxygens (including phenoxy) is 1. The molecule has 0 unspecified atom stereocenters. The SMILES string of the molecule is [O]Cc1sc(COc2ccccc2)nc1Cc1ccccc1. The molecule has 3 nitrogen and oxygen atoms in total. The zero-order chi connectivity index (χ0) is 15.2. The molecule has 0 fully saturated rings. The van der Waals surface area contributed by atoms with Gasteiger partial charge >= 0.3 is 0 Å². The van der Waals surface area contributed by atoms with E-state index >= 15 is 0 Å². The summed E-state index contributed by atoms with van der Waals surface area (Å²) in [5.41, 5.74) is 2.04. The van der Waals surface area contributed by atoms with Crippen LogP contribution in [0.2, 0.25) is 0 Å². The molecule has 3 rings (SSSR count). The molecule has 0 saturated heterocycles. The third-order valence-corrected chi connectivity index (χ3v) is 4.32. The van der Waals surface area contributed by atoms with Gasteiger partial charge < -0.3 is 4.74 Å². The van der Waals surface area contributed by atoms with Crippen molar-refractivity contribution in [2.24, 2.45) is 0 Å². The lowest BCUT2D eigenvalue weighted by Gasteiger charge is -2.02. The van der Waals surface area contributed by atoms with Crippen molar-refractivity contribution < 1.29 is 9.84 Å². The number of rotatable bonds is 6. The molecule has 0 spiro atoms. The second kappa shape index (κ2) is 7.20. The van der Waals surface area contributed by atoms with Crippen LogP contribution < -0.4 is 4.74 Å². The molecular formula is C18H16NO2S. The van der Waals surface area contributed by atoms with Crippen molar-refractivity contribution in [1.82, 2.24) is 4.98 Å². The zero-order valence-corrected chi connectivity index (χ0v) is 12.9. The zero-order valence-electron chi connectivity index (χ0n) is 12.1. The normalized spacial score (nSPS) is 10.6. The molecule has 0 amide bonds. The maximum absolute atomic E-state index is 11.4. The van der Waals surface area contributed by atoms with Gasteiger partial charge in [0.1, 0.15) is 24.0 Å². The summed E-state index contributed by atoms with van der Waals surface area (Å²) < 4.78 is 5.70. The Labute approximate surface area is 133 Å². The molecule has 3 aromatic rings. The third kappa shape index (κ3) is 3.72. The van der Waals surface area contributed by atoms with E-state index in [1.54, 1.807) is 0 Å². The van der Waals surface area contributed by atoms with Gasteiger partial charge in [0, 0.05) is 6.42 Å². The van der Waals surface area contributed by atoms with Gasteiger partial charge in [-0.2, -0.15) is 0 Å². The van der Waals surface area contributed by atoms with Crippen LogP contribution in [0.4, 0.5) is 0 Å². The van der Waals surface area contributed by atoms with Gasteiger partial charge in [-0.3, -0.25) is 0 Å². The molecule has 0 bridgehead atoms. The van der Waals surface area contributed by atoms with E-state index in [1.165, 1.54) is 11.3 Å². The van der Waals surface area contributed by atoms with Crippen LogP contribution in [0.3, 0.4) is 0 Å². The lowest BCUT2D eigenvalue weighted by Crippen LogP contribution is -1.96. The number of nitrogens with zero attached hydrogens (tertiary/aromatic N) is 1. The predicted octanol–water partition coefficient (Wildman–Crippen LogP) is 4.24. The average molecular weight is 310 g/mol. The van der Waals surface area contributed by atoms with Gasteiger partial charge in [-0.05, 0) is 17.7 Å². The second-order valence-electron chi connectivity index (χ2n) is 4.89. The first-order valence-electron chi connectivity index (χ1n) is 7.12. The van der Waals surface area contributed by atoms with Crippen LogP contribution in [0.1, 0.15) is 21.1 Å². The van der Waals surface area contributed by atoms with Crippen LogP contribution in [0.15, 0.2) is 60.7 Å². The average Bonchev–Trinajstić information content (AvgIpc) is 2.97. The number of benzene rings is 2. The Morgan fingerprint density at radius 3 is 2.32 bits per heavy atom. The van der Waals surface area contributed by atoms with E-state index < -0.39 is 0 Å². The molecule has 0 aliphatic rings. The highest BCUT2D eigenvalue weighted by Crippen LogP contribution is 2.23. The number of thiazole rings is 1. The first kappa shape index (κ1) is 14.8. The molecule has 0 aliphatic heterocycles.